The van der Waals surface area contributed by atoms with Crippen molar-refractivity contribution in [3.8, 4) is 5.75 Å². The quantitative estimate of drug-likeness (QED) is 0.733. The minimum Gasteiger partial charge on any atom is -0.488 e. The Labute approximate surface area is 167 Å². The van der Waals surface area contributed by atoms with Gasteiger partial charge in [-0.25, -0.2) is 0 Å². The van der Waals surface area contributed by atoms with E-state index in [-0.39, 0.29) is 22.6 Å². The molecule has 0 aliphatic rings. The van der Waals surface area contributed by atoms with Crippen LogP contribution in [0.15, 0.2) is 23.0 Å². The number of carbonyl (C=O) groups excluding carboxylic acids is 1. The first-order valence-corrected chi connectivity index (χ1v) is 10.2. The molecule has 0 saturated heterocycles. The van der Waals surface area contributed by atoms with Gasteiger partial charge in [0.05, 0.1) is 12.3 Å². The maximum atomic E-state index is 13.3. The summed E-state index contributed by atoms with van der Waals surface area (Å²) in [7, 11) is 1.89. The maximum absolute atomic E-state index is 13.3. The number of carbonyl (C=O) groups is 1. The number of rotatable bonds is 8. The Balaban J connectivity index is 2.64. The molecular formula is C23H32N2O3. The Morgan fingerprint density at radius 1 is 1.11 bits per heavy atom. The predicted molar refractivity (Wildman–Crippen MR) is 115 cm³/mol. The highest BCUT2D eigenvalue weighted by molar-refractivity contribution is 6.06. The molecule has 0 spiro atoms. The van der Waals surface area contributed by atoms with Crippen LogP contribution in [-0.4, -0.2) is 17.1 Å². The van der Waals surface area contributed by atoms with Crippen molar-refractivity contribution in [1.29, 1.82) is 0 Å². The lowest BCUT2D eigenvalue weighted by atomic mass is 10.0. The topological polar surface area (TPSA) is 60.3 Å². The molecule has 0 radical (unpaired) electrons. The summed E-state index contributed by atoms with van der Waals surface area (Å²) in [5, 5.41) is 3.05. The molecule has 0 fully saturated rings. The molecule has 0 unspecified atom stereocenters. The van der Waals surface area contributed by atoms with Crippen molar-refractivity contribution in [3.05, 3.63) is 56.5 Å². The van der Waals surface area contributed by atoms with Crippen LogP contribution in [0.3, 0.4) is 0 Å². The minimum atomic E-state index is -0.361. The van der Waals surface area contributed by atoms with Crippen LogP contribution in [0.2, 0.25) is 0 Å². The van der Waals surface area contributed by atoms with Crippen LogP contribution < -0.4 is 15.5 Å². The SMILES string of the molecule is CCCc1c(C(=O)Nc2c(CC)cccc2CC)c(=O)c(OCC)c(C)n1C. The first-order chi connectivity index (χ1) is 13.4. The molecule has 0 bridgehead atoms. The first kappa shape index (κ1) is 21.7. The van der Waals surface area contributed by atoms with Crippen molar-refractivity contribution in [2.45, 2.75) is 60.3 Å². The second kappa shape index (κ2) is 9.58. The third kappa shape index (κ3) is 4.13. The van der Waals surface area contributed by atoms with Gasteiger partial charge < -0.3 is 14.6 Å². The minimum absolute atomic E-state index is 0.186. The van der Waals surface area contributed by atoms with Gasteiger partial charge in [-0.1, -0.05) is 45.4 Å². The third-order valence-corrected chi connectivity index (χ3v) is 5.20. The lowest BCUT2D eigenvalue weighted by molar-refractivity contribution is 0.102. The monoisotopic (exact) mass is 384 g/mol. The second-order valence-electron chi connectivity index (χ2n) is 6.92. The Kier molecular flexibility index (Phi) is 7.44. The predicted octanol–water partition coefficient (Wildman–Crippen LogP) is 4.42. The molecule has 1 aromatic carbocycles. The fourth-order valence-electron chi connectivity index (χ4n) is 3.59. The molecule has 1 aromatic heterocycles. The molecule has 1 heterocycles. The molecule has 0 aliphatic carbocycles. The number of amides is 1. The van der Waals surface area contributed by atoms with Crippen molar-refractivity contribution in [3.63, 3.8) is 0 Å². The number of anilines is 1. The number of hydrogen-bond donors (Lipinski definition) is 1. The maximum Gasteiger partial charge on any atom is 0.261 e. The van der Waals surface area contributed by atoms with Crippen LogP contribution in [0.4, 0.5) is 5.69 Å². The molecule has 152 valence electrons. The van der Waals surface area contributed by atoms with Crippen molar-refractivity contribution >= 4 is 11.6 Å². The molecule has 0 atom stereocenters. The van der Waals surface area contributed by atoms with Gasteiger partial charge in [-0.05, 0) is 44.2 Å². The number of aromatic nitrogens is 1. The van der Waals surface area contributed by atoms with Gasteiger partial charge in [0.25, 0.3) is 5.91 Å². The summed E-state index contributed by atoms with van der Waals surface area (Å²) in [5.41, 5.74) is 4.31. The Hall–Kier alpha value is -2.56. The lowest BCUT2D eigenvalue weighted by Crippen LogP contribution is -2.30. The Bertz CT molecular complexity index is 891. The summed E-state index contributed by atoms with van der Waals surface area (Å²) in [6.07, 6.45) is 3.10. The van der Waals surface area contributed by atoms with E-state index >= 15 is 0 Å². The fourth-order valence-corrected chi connectivity index (χ4v) is 3.59. The molecule has 0 aliphatic heterocycles. The summed E-state index contributed by atoms with van der Waals surface area (Å²) in [4.78, 5) is 26.5. The van der Waals surface area contributed by atoms with Gasteiger partial charge >= 0.3 is 0 Å². The standard InChI is InChI=1S/C23H32N2O3/c1-7-12-18-19(21(26)22(28-10-4)15(5)25(18)6)23(27)24-20-16(8-2)13-11-14-17(20)9-3/h11,13-14H,7-10,12H2,1-6H3,(H,24,27). The third-order valence-electron chi connectivity index (χ3n) is 5.20. The number of hydrogen-bond acceptors (Lipinski definition) is 3. The highest BCUT2D eigenvalue weighted by atomic mass is 16.5. The number of benzene rings is 1. The van der Waals surface area contributed by atoms with E-state index in [9.17, 15) is 9.59 Å². The van der Waals surface area contributed by atoms with Gasteiger partial charge in [0, 0.05) is 18.4 Å². The van der Waals surface area contributed by atoms with Gasteiger partial charge in [-0.15, -0.1) is 0 Å². The largest absolute Gasteiger partial charge is 0.488 e. The highest BCUT2D eigenvalue weighted by Gasteiger charge is 2.24. The molecule has 5 nitrogen and oxygen atoms in total. The summed E-state index contributed by atoms with van der Waals surface area (Å²) < 4.78 is 7.51. The van der Waals surface area contributed by atoms with E-state index in [0.29, 0.717) is 13.0 Å². The van der Waals surface area contributed by atoms with E-state index < -0.39 is 0 Å². The molecule has 2 rings (SSSR count). The molecular weight excluding hydrogens is 352 g/mol. The fraction of sp³-hybridized carbons (Fsp3) is 0.478. The number of para-hydroxylation sites is 1. The van der Waals surface area contributed by atoms with E-state index in [4.69, 9.17) is 4.74 Å². The smallest absolute Gasteiger partial charge is 0.261 e. The summed E-state index contributed by atoms with van der Waals surface area (Å²) in [6, 6.07) is 6.04. The van der Waals surface area contributed by atoms with E-state index in [1.54, 1.807) is 0 Å². The van der Waals surface area contributed by atoms with Gasteiger partial charge in [-0.2, -0.15) is 0 Å². The molecule has 1 amide bonds. The number of nitrogens with one attached hydrogen (secondary N) is 1. The number of pyridine rings is 1. The van der Waals surface area contributed by atoms with Crippen LogP contribution in [0.5, 0.6) is 5.75 Å². The van der Waals surface area contributed by atoms with E-state index in [1.807, 2.05) is 50.6 Å². The van der Waals surface area contributed by atoms with Gasteiger partial charge in [0.2, 0.25) is 5.43 Å². The van der Waals surface area contributed by atoms with Crippen LogP contribution in [0.1, 0.15) is 67.0 Å². The second-order valence-corrected chi connectivity index (χ2v) is 6.92. The zero-order chi connectivity index (χ0) is 20.8. The molecule has 2 aromatic rings. The summed E-state index contributed by atoms with van der Waals surface area (Å²) in [6.45, 7) is 10.2. The number of aryl methyl sites for hydroxylation is 2. The summed E-state index contributed by atoms with van der Waals surface area (Å²) in [5.74, 6) is -0.102. The van der Waals surface area contributed by atoms with Crippen LogP contribution in [0, 0.1) is 6.92 Å². The van der Waals surface area contributed by atoms with E-state index in [2.05, 4.69) is 19.2 Å². The average molecular weight is 385 g/mol. The number of ether oxygens (including phenoxy) is 1. The zero-order valence-corrected chi connectivity index (χ0v) is 17.9. The van der Waals surface area contributed by atoms with Crippen molar-refractivity contribution in [2.24, 2.45) is 7.05 Å². The molecule has 1 N–H and O–H groups in total. The van der Waals surface area contributed by atoms with Crippen LogP contribution in [-0.2, 0) is 26.3 Å². The zero-order valence-electron chi connectivity index (χ0n) is 17.9. The highest BCUT2D eigenvalue weighted by Crippen LogP contribution is 2.25. The van der Waals surface area contributed by atoms with Gasteiger partial charge in [0.1, 0.15) is 5.56 Å². The van der Waals surface area contributed by atoms with Crippen molar-refractivity contribution in [1.82, 2.24) is 4.57 Å². The van der Waals surface area contributed by atoms with Gasteiger partial charge in [-0.3, -0.25) is 9.59 Å². The first-order valence-electron chi connectivity index (χ1n) is 10.2. The Morgan fingerprint density at radius 3 is 2.21 bits per heavy atom. The van der Waals surface area contributed by atoms with Crippen LogP contribution >= 0.6 is 0 Å². The van der Waals surface area contributed by atoms with E-state index in [0.717, 1.165) is 47.5 Å². The molecule has 5 heteroatoms. The molecule has 0 saturated carbocycles. The molecule has 28 heavy (non-hydrogen) atoms. The van der Waals surface area contributed by atoms with Crippen LogP contribution in [0.25, 0.3) is 0 Å². The van der Waals surface area contributed by atoms with Gasteiger partial charge in [0.15, 0.2) is 5.75 Å². The lowest BCUT2D eigenvalue weighted by Gasteiger charge is -2.20. The normalized spacial score (nSPS) is 10.8. The van der Waals surface area contributed by atoms with Crippen molar-refractivity contribution in [2.75, 3.05) is 11.9 Å². The van der Waals surface area contributed by atoms with Crippen molar-refractivity contribution < 1.29 is 9.53 Å². The average Bonchev–Trinajstić information content (AvgIpc) is 2.69. The Morgan fingerprint density at radius 2 is 1.71 bits per heavy atom. The summed E-state index contributed by atoms with van der Waals surface area (Å²) >= 11 is 0. The van der Waals surface area contributed by atoms with E-state index in [1.165, 1.54) is 0 Å². The number of nitrogens with zero attached hydrogens (tertiary/aromatic N) is 1.